The Hall–Kier alpha value is -3.71. The standard InChI is InChI=1S/C28H30ClN3O4/c1-19-16-21(11-12-22(19)29)36-15-7-6-14-32-24-9-5-4-8-23(24)31-27(32)18-30-28(33)20-10-13-25(34-2)26(17-20)35-3/h4-5,8-13,16-17H,6-7,14-15,18H2,1-3H3,(H,30,33). The van der Waals surface area contributed by atoms with Gasteiger partial charge < -0.3 is 24.1 Å². The van der Waals surface area contributed by atoms with E-state index in [2.05, 4.69) is 16.0 Å². The molecule has 3 aromatic carbocycles. The van der Waals surface area contributed by atoms with Gasteiger partial charge in [0.1, 0.15) is 11.6 Å². The van der Waals surface area contributed by atoms with Crippen molar-refractivity contribution in [3.05, 3.63) is 82.6 Å². The van der Waals surface area contributed by atoms with Crippen molar-refractivity contribution in [2.75, 3.05) is 20.8 Å². The van der Waals surface area contributed by atoms with Crippen LogP contribution >= 0.6 is 11.6 Å². The van der Waals surface area contributed by atoms with Gasteiger partial charge in [-0.25, -0.2) is 4.98 Å². The first kappa shape index (κ1) is 25.4. The first-order chi connectivity index (χ1) is 17.5. The summed E-state index contributed by atoms with van der Waals surface area (Å²) in [6.45, 7) is 3.65. The lowest BCUT2D eigenvalue weighted by molar-refractivity contribution is 0.0949. The van der Waals surface area contributed by atoms with Crippen LogP contribution in [0.25, 0.3) is 11.0 Å². The number of methoxy groups -OCH3 is 2. The predicted octanol–water partition coefficient (Wildman–Crippen LogP) is 5.80. The Kier molecular flexibility index (Phi) is 8.33. The van der Waals surface area contributed by atoms with Gasteiger partial charge in [0.2, 0.25) is 0 Å². The van der Waals surface area contributed by atoms with Crippen molar-refractivity contribution in [2.45, 2.75) is 32.9 Å². The summed E-state index contributed by atoms with van der Waals surface area (Å²) in [5.74, 6) is 2.50. The molecule has 4 rings (SSSR count). The lowest BCUT2D eigenvalue weighted by Gasteiger charge is -2.12. The second kappa shape index (κ2) is 11.8. The molecule has 1 aromatic heterocycles. The molecular weight excluding hydrogens is 478 g/mol. The van der Waals surface area contributed by atoms with Crippen LogP contribution in [0.15, 0.2) is 60.7 Å². The maximum Gasteiger partial charge on any atom is 0.251 e. The number of amides is 1. The molecule has 36 heavy (non-hydrogen) atoms. The van der Waals surface area contributed by atoms with Crippen LogP contribution in [0.3, 0.4) is 0 Å². The van der Waals surface area contributed by atoms with Crippen LogP contribution in [0.1, 0.15) is 34.6 Å². The average Bonchev–Trinajstić information content (AvgIpc) is 3.26. The van der Waals surface area contributed by atoms with E-state index in [1.807, 2.05) is 43.3 Å². The number of carbonyl (C=O) groups excluding carboxylic acids is 1. The molecule has 0 atom stereocenters. The maximum atomic E-state index is 12.8. The second-order valence-electron chi connectivity index (χ2n) is 8.39. The van der Waals surface area contributed by atoms with E-state index in [-0.39, 0.29) is 5.91 Å². The van der Waals surface area contributed by atoms with Gasteiger partial charge in [-0.3, -0.25) is 4.79 Å². The van der Waals surface area contributed by atoms with E-state index >= 15 is 0 Å². The monoisotopic (exact) mass is 507 g/mol. The Balaban J connectivity index is 1.38. The molecule has 0 bridgehead atoms. The number of hydrogen-bond donors (Lipinski definition) is 1. The van der Waals surface area contributed by atoms with Gasteiger partial charge in [-0.1, -0.05) is 23.7 Å². The van der Waals surface area contributed by atoms with E-state index in [1.54, 1.807) is 32.4 Å². The largest absolute Gasteiger partial charge is 0.494 e. The number of fused-ring (bicyclic) bond motifs is 1. The van der Waals surface area contributed by atoms with Crippen LogP contribution in [-0.4, -0.2) is 36.3 Å². The highest BCUT2D eigenvalue weighted by Gasteiger charge is 2.14. The Morgan fingerprint density at radius 3 is 2.58 bits per heavy atom. The highest BCUT2D eigenvalue weighted by Crippen LogP contribution is 2.27. The molecule has 0 saturated carbocycles. The Labute approximate surface area is 216 Å². The zero-order valence-corrected chi connectivity index (χ0v) is 21.5. The molecule has 0 aliphatic carbocycles. The number of carbonyl (C=O) groups is 1. The smallest absolute Gasteiger partial charge is 0.251 e. The molecule has 0 saturated heterocycles. The van der Waals surface area contributed by atoms with Gasteiger partial charge in [-0.05, 0) is 73.9 Å². The summed E-state index contributed by atoms with van der Waals surface area (Å²) in [6, 6.07) is 18.8. The van der Waals surface area contributed by atoms with E-state index in [4.69, 9.17) is 30.8 Å². The number of halogens is 1. The molecule has 0 spiro atoms. The average molecular weight is 508 g/mol. The van der Waals surface area contributed by atoms with Gasteiger partial charge in [-0.2, -0.15) is 0 Å². The molecular formula is C28H30ClN3O4. The fourth-order valence-electron chi connectivity index (χ4n) is 4.02. The summed E-state index contributed by atoms with van der Waals surface area (Å²) in [4.78, 5) is 17.6. The van der Waals surface area contributed by atoms with Gasteiger partial charge in [0.15, 0.2) is 11.5 Å². The van der Waals surface area contributed by atoms with Crippen LogP contribution in [0.5, 0.6) is 17.2 Å². The van der Waals surface area contributed by atoms with Crippen molar-refractivity contribution in [2.24, 2.45) is 0 Å². The van der Waals surface area contributed by atoms with E-state index in [1.165, 1.54) is 0 Å². The molecule has 0 aliphatic heterocycles. The van der Waals surface area contributed by atoms with E-state index in [9.17, 15) is 4.79 Å². The van der Waals surface area contributed by atoms with Crippen LogP contribution < -0.4 is 19.5 Å². The molecule has 0 fully saturated rings. The van der Waals surface area contributed by atoms with Gasteiger partial charge >= 0.3 is 0 Å². The fraction of sp³-hybridized carbons (Fsp3) is 0.286. The number of nitrogens with one attached hydrogen (secondary N) is 1. The fourth-order valence-corrected chi connectivity index (χ4v) is 4.14. The SMILES string of the molecule is COc1ccc(C(=O)NCc2nc3ccccc3n2CCCCOc2ccc(Cl)c(C)c2)cc1OC. The van der Waals surface area contributed by atoms with Gasteiger partial charge in [0.25, 0.3) is 5.91 Å². The molecule has 7 nitrogen and oxygen atoms in total. The first-order valence-electron chi connectivity index (χ1n) is 11.8. The second-order valence-corrected chi connectivity index (χ2v) is 8.79. The van der Waals surface area contributed by atoms with Gasteiger partial charge in [0.05, 0.1) is 38.4 Å². The highest BCUT2D eigenvalue weighted by atomic mass is 35.5. The third kappa shape index (κ3) is 5.91. The number of hydrogen-bond acceptors (Lipinski definition) is 5. The summed E-state index contributed by atoms with van der Waals surface area (Å²) in [5.41, 5.74) is 3.44. The Morgan fingerprint density at radius 1 is 1.00 bits per heavy atom. The zero-order chi connectivity index (χ0) is 25.5. The number of aryl methyl sites for hydroxylation is 2. The quantitative estimate of drug-likeness (QED) is 0.259. The highest BCUT2D eigenvalue weighted by molar-refractivity contribution is 6.31. The summed E-state index contributed by atoms with van der Waals surface area (Å²) in [7, 11) is 3.11. The van der Waals surface area contributed by atoms with Crippen molar-refractivity contribution in [1.82, 2.24) is 14.9 Å². The van der Waals surface area contributed by atoms with Gasteiger partial charge in [-0.15, -0.1) is 0 Å². The summed E-state index contributed by atoms with van der Waals surface area (Å²) >= 11 is 6.09. The molecule has 4 aromatic rings. The maximum absolute atomic E-state index is 12.8. The molecule has 1 N–H and O–H groups in total. The Morgan fingerprint density at radius 2 is 1.81 bits per heavy atom. The number of ether oxygens (including phenoxy) is 3. The van der Waals surface area contributed by atoms with E-state index in [0.29, 0.717) is 30.2 Å². The third-order valence-corrected chi connectivity index (χ3v) is 6.38. The van der Waals surface area contributed by atoms with E-state index in [0.717, 1.165) is 52.6 Å². The van der Waals surface area contributed by atoms with Crippen molar-refractivity contribution in [3.63, 3.8) is 0 Å². The molecule has 0 aliphatic rings. The normalized spacial score (nSPS) is 10.9. The van der Waals surface area contributed by atoms with E-state index < -0.39 is 0 Å². The van der Waals surface area contributed by atoms with Crippen LogP contribution in [0, 0.1) is 6.92 Å². The molecule has 8 heteroatoms. The number of benzene rings is 3. The number of rotatable bonds is 11. The first-order valence-corrected chi connectivity index (χ1v) is 12.2. The molecule has 1 amide bonds. The summed E-state index contributed by atoms with van der Waals surface area (Å²) in [5, 5.41) is 3.72. The van der Waals surface area contributed by atoms with Gasteiger partial charge in [0, 0.05) is 17.1 Å². The Bertz CT molecular complexity index is 1350. The van der Waals surface area contributed by atoms with Crippen molar-refractivity contribution in [1.29, 1.82) is 0 Å². The van der Waals surface area contributed by atoms with Crippen molar-refractivity contribution < 1.29 is 19.0 Å². The molecule has 0 unspecified atom stereocenters. The number of nitrogens with zero attached hydrogens (tertiary/aromatic N) is 2. The number of imidazole rings is 1. The van der Waals surface area contributed by atoms with Crippen LogP contribution in [0.4, 0.5) is 0 Å². The number of unbranched alkanes of at least 4 members (excludes halogenated alkanes) is 1. The van der Waals surface area contributed by atoms with Crippen LogP contribution in [0.2, 0.25) is 5.02 Å². The minimum absolute atomic E-state index is 0.207. The zero-order valence-electron chi connectivity index (χ0n) is 20.7. The number of aromatic nitrogens is 2. The topological polar surface area (TPSA) is 74.6 Å². The lowest BCUT2D eigenvalue weighted by Crippen LogP contribution is -2.25. The minimum Gasteiger partial charge on any atom is -0.494 e. The summed E-state index contributed by atoms with van der Waals surface area (Å²) < 4.78 is 18.6. The third-order valence-electron chi connectivity index (χ3n) is 5.96. The molecule has 0 radical (unpaired) electrons. The minimum atomic E-state index is -0.207. The molecule has 1 heterocycles. The summed E-state index contributed by atoms with van der Waals surface area (Å²) in [6.07, 6.45) is 1.79. The van der Waals surface area contributed by atoms with Crippen molar-refractivity contribution in [3.8, 4) is 17.2 Å². The lowest BCUT2D eigenvalue weighted by atomic mass is 10.2. The van der Waals surface area contributed by atoms with Crippen molar-refractivity contribution >= 4 is 28.5 Å². The van der Waals surface area contributed by atoms with Crippen LogP contribution in [-0.2, 0) is 13.1 Å². The predicted molar refractivity (Wildman–Crippen MR) is 141 cm³/mol. The molecule has 188 valence electrons. The number of para-hydroxylation sites is 2.